The molecule has 2 rings (SSSR count). The van der Waals surface area contributed by atoms with Crippen LogP contribution >= 0.6 is 51.1 Å². The molecule has 0 saturated carbocycles. The Morgan fingerprint density at radius 2 is 2.14 bits per heavy atom. The number of nitrogens with two attached hydrogens (primary N) is 1. The molecule has 0 aliphatic heterocycles. The number of sulfonamides is 1. The van der Waals surface area contributed by atoms with Crippen LogP contribution in [0, 0.1) is 0 Å². The molecule has 0 amide bonds. The smallest absolute Gasteiger partial charge is 0.240 e. The largest absolute Gasteiger partial charge is 0.389 e. The van der Waals surface area contributed by atoms with Crippen molar-refractivity contribution in [2.75, 3.05) is 0 Å². The van der Waals surface area contributed by atoms with E-state index in [1.165, 1.54) is 29.5 Å². The van der Waals surface area contributed by atoms with E-state index < -0.39 is 10.0 Å². The van der Waals surface area contributed by atoms with Crippen molar-refractivity contribution in [3.05, 3.63) is 49.6 Å². The van der Waals surface area contributed by atoms with Gasteiger partial charge in [0, 0.05) is 21.5 Å². The average molecular weight is 426 g/mol. The fourth-order valence-electron chi connectivity index (χ4n) is 1.56. The number of rotatable bonds is 5. The lowest BCUT2D eigenvalue weighted by atomic mass is 10.2. The SMILES string of the molecule is NC(=S)c1ccc(S(=O)(=O)NCc2sccc2Br)cc1Cl. The van der Waals surface area contributed by atoms with E-state index in [0.29, 0.717) is 5.56 Å². The molecule has 0 radical (unpaired) electrons. The number of thiophene rings is 1. The Hall–Kier alpha value is -0.510. The summed E-state index contributed by atoms with van der Waals surface area (Å²) < 4.78 is 27.9. The van der Waals surface area contributed by atoms with Crippen molar-refractivity contribution in [1.82, 2.24) is 4.72 Å². The lowest BCUT2D eigenvalue weighted by Gasteiger charge is -2.08. The van der Waals surface area contributed by atoms with Gasteiger partial charge in [-0.05, 0) is 45.6 Å². The second-order valence-electron chi connectivity index (χ2n) is 4.02. The van der Waals surface area contributed by atoms with Gasteiger partial charge in [-0.15, -0.1) is 11.3 Å². The number of hydrogen-bond donors (Lipinski definition) is 2. The minimum absolute atomic E-state index is 0.0696. The molecule has 0 fully saturated rings. The van der Waals surface area contributed by atoms with Crippen molar-refractivity contribution in [1.29, 1.82) is 0 Å². The third-order valence-corrected chi connectivity index (χ3v) is 6.49. The molecule has 0 atom stereocenters. The van der Waals surface area contributed by atoms with Crippen molar-refractivity contribution >= 4 is 66.1 Å². The first kappa shape index (κ1) is 16.9. The molecular weight excluding hydrogens is 416 g/mol. The van der Waals surface area contributed by atoms with Gasteiger partial charge < -0.3 is 5.73 Å². The zero-order valence-corrected chi connectivity index (χ0v) is 15.3. The van der Waals surface area contributed by atoms with E-state index in [-0.39, 0.29) is 21.5 Å². The van der Waals surface area contributed by atoms with Gasteiger partial charge in [-0.25, -0.2) is 13.1 Å². The molecule has 0 aliphatic rings. The molecule has 112 valence electrons. The van der Waals surface area contributed by atoms with Crippen LogP contribution in [-0.4, -0.2) is 13.4 Å². The molecule has 9 heteroatoms. The summed E-state index contributed by atoms with van der Waals surface area (Å²) >= 11 is 15.6. The fraction of sp³-hybridized carbons (Fsp3) is 0.0833. The first-order chi connectivity index (χ1) is 9.81. The molecule has 1 aromatic carbocycles. The summed E-state index contributed by atoms with van der Waals surface area (Å²) in [7, 11) is -3.65. The topological polar surface area (TPSA) is 72.2 Å². The predicted molar refractivity (Wildman–Crippen MR) is 93.4 cm³/mol. The number of halogens is 2. The van der Waals surface area contributed by atoms with Crippen LogP contribution in [0.25, 0.3) is 0 Å². The maximum absolute atomic E-state index is 12.2. The van der Waals surface area contributed by atoms with E-state index in [1.54, 1.807) is 0 Å². The van der Waals surface area contributed by atoms with Crippen molar-refractivity contribution in [2.45, 2.75) is 11.4 Å². The van der Waals surface area contributed by atoms with Crippen LogP contribution in [0.15, 0.2) is 39.0 Å². The highest BCUT2D eigenvalue weighted by molar-refractivity contribution is 9.10. The highest BCUT2D eigenvalue weighted by atomic mass is 79.9. The Morgan fingerprint density at radius 3 is 2.67 bits per heavy atom. The Bertz CT molecular complexity index is 790. The van der Waals surface area contributed by atoms with E-state index in [9.17, 15) is 8.42 Å². The first-order valence-electron chi connectivity index (χ1n) is 5.62. The summed E-state index contributed by atoms with van der Waals surface area (Å²) in [6, 6.07) is 6.12. The lowest BCUT2D eigenvalue weighted by molar-refractivity contribution is 0.581. The van der Waals surface area contributed by atoms with Gasteiger partial charge in [-0.2, -0.15) is 0 Å². The molecule has 0 bridgehead atoms. The first-order valence-corrected chi connectivity index (χ1v) is 9.56. The van der Waals surface area contributed by atoms with E-state index in [1.807, 2.05) is 11.4 Å². The van der Waals surface area contributed by atoms with Crippen LogP contribution in [0.1, 0.15) is 10.4 Å². The Labute approximate surface area is 145 Å². The van der Waals surface area contributed by atoms with Crippen molar-refractivity contribution < 1.29 is 8.42 Å². The Morgan fingerprint density at radius 1 is 1.43 bits per heavy atom. The molecule has 3 N–H and O–H groups in total. The number of hydrogen-bond acceptors (Lipinski definition) is 4. The molecule has 1 heterocycles. The molecular formula is C12H10BrClN2O2S3. The van der Waals surface area contributed by atoms with Gasteiger partial charge in [-0.1, -0.05) is 23.8 Å². The molecule has 21 heavy (non-hydrogen) atoms. The molecule has 0 saturated heterocycles. The van der Waals surface area contributed by atoms with Crippen molar-refractivity contribution in [2.24, 2.45) is 5.73 Å². The average Bonchev–Trinajstić information content (AvgIpc) is 2.81. The number of thiocarbonyl (C=S) groups is 1. The van der Waals surface area contributed by atoms with Crippen LogP contribution in [0.3, 0.4) is 0 Å². The van der Waals surface area contributed by atoms with E-state index >= 15 is 0 Å². The van der Waals surface area contributed by atoms with Crippen LogP contribution in [-0.2, 0) is 16.6 Å². The quantitative estimate of drug-likeness (QED) is 0.721. The highest BCUT2D eigenvalue weighted by Crippen LogP contribution is 2.24. The third-order valence-electron chi connectivity index (χ3n) is 2.63. The maximum atomic E-state index is 12.2. The highest BCUT2D eigenvalue weighted by Gasteiger charge is 2.17. The molecule has 4 nitrogen and oxygen atoms in total. The van der Waals surface area contributed by atoms with Gasteiger partial charge >= 0.3 is 0 Å². The summed E-state index contributed by atoms with van der Waals surface area (Å²) in [5.74, 6) is 0. The van der Waals surface area contributed by atoms with Crippen molar-refractivity contribution in [3.8, 4) is 0 Å². The third kappa shape index (κ3) is 4.02. The van der Waals surface area contributed by atoms with Gasteiger partial charge in [0.15, 0.2) is 0 Å². The van der Waals surface area contributed by atoms with E-state index in [4.69, 9.17) is 29.6 Å². The Kier molecular flexibility index (Phi) is 5.39. The predicted octanol–water partition coefficient (Wildman–Crippen LogP) is 3.28. The van der Waals surface area contributed by atoms with Crippen LogP contribution < -0.4 is 10.5 Å². The summed E-state index contributed by atoms with van der Waals surface area (Å²) in [6.45, 7) is 0.204. The standard InChI is InChI=1S/C12H10BrClN2O2S3/c13-9-3-4-20-11(9)6-16-21(17,18)7-1-2-8(12(15)19)10(14)5-7/h1-5,16H,6H2,(H2,15,19). The monoisotopic (exact) mass is 424 g/mol. The summed E-state index contributed by atoms with van der Waals surface area (Å²) in [5, 5.41) is 2.09. The van der Waals surface area contributed by atoms with Gasteiger partial charge in [0.1, 0.15) is 4.99 Å². The number of nitrogens with one attached hydrogen (secondary N) is 1. The zero-order chi connectivity index (χ0) is 15.6. The second kappa shape index (κ2) is 6.72. The van der Waals surface area contributed by atoms with Crippen LogP contribution in [0.2, 0.25) is 5.02 Å². The summed E-state index contributed by atoms with van der Waals surface area (Å²) in [6.07, 6.45) is 0. The molecule has 2 aromatic rings. The van der Waals surface area contributed by atoms with Crippen molar-refractivity contribution in [3.63, 3.8) is 0 Å². The van der Waals surface area contributed by atoms with Gasteiger partial charge in [-0.3, -0.25) is 0 Å². The second-order valence-corrected chi connectivity index (χ2v) is 8.49. The normalized spacial score (nSPS) is 11.5. The van der Waals surface area contributed by atoms with Crippen LogP contribution in [0.4, 0.5) is 0 Å². The Balaban J connectivity index is 2.22. The minimum Gasteiger partial charge on any atom is -0.389 e. The zero-order valence-electron chi connectivity index (χ0n) is 10.5. The fourth-order valence-corrected chi connectivity index (χ4v) is 4.68. The van der Waals surface area contributed by atoms with Gasteiger partial charge in [0.25, 0.3) is 0 Å². The van der Waals surface area contributed by atoms with Crippen LogP contribution in [0.5, 0.6) is 0 Å². The van der Waals surface area contributed by atoms with Gasteiger partial charge in [0.2, 0.25) is 10.0 Å². The molecule has 0 aliphatic carbocycles. The number of benzene rings is 1. The maximum Gasteiger partial charge on any atom is 0.240 e. The lowest BCUT2D eigenvalue weighted by Crippen LogP contribution is -2.23. The van der Waals surface area contributed by atoms with Gasteiger partial charge in [0.05, 0.1) is 9.92 Å². The summed E-state index contributed by atoms with van der Waals surface area (Å²) in [4.78, 5) is 1.09. The van der Waals surface area contributed by atoms with E-state index in [2.05, 4.69) is 20.7 Å². The molecule has 1 aromatic heterocycles. The molecule has 0 spiro atoms. The molecule has 0 unspecified atom stereocenters. The van der Waals surface area contributed by atoms with E-state index in [0.717, 1.165) is 9.35 Å². The minimum atomic E-state index is -3.65. The summed E-state index contributed by atoms with van der Waals surface area (Å²) in [5.41, 5.74) is 5.94.